The fraction of sp³-hybridized carbons (Fsp3) is 0.211. The maximum atomic E-state index is 5.46. The van der Waals surface area contributed by atoms with Crippen LogP contribution in [0.2, 0.25) is 0 Å². The lowest BCUT2D eigenvalue weighted by atomic mass is 10.2. The Hall–Kier alpha value is -1.87. The van der Waals surface area contributed by atoms with Crippen molar-refractivity contribution < 1.29 is 0 Å². The quantitative estimate of drug-likeness (QED) is 0.392. The van der Waals surface area contributed by atoms with Crippen LogP contribution in [0.25, 0.3) is 21.6 Å². The zero-order valence-electron chi connectivity index (χ0n) is 14.9. The maximum Gasteiger partial charge on any atom is 0.217 e. The number of halogens is 1. The molecule has 1 atom stereocenters. The molecule has 27 heavy (non-hydrogen) atoms. The zero-order chi connectivity index (χ0) is 19.0. The number of rotatable bonds is 5. The van der Waals surface area contributed by atoms with Crippen LogP contribution in [0.3, 0.4) is 0 Å². The van der Waals surface area contributed by atoms with Gasteiger partial charge in [-0.25, -0.2) is 9.67 Å². The van der Waals surface area contributed by atoms with Crippen molar-refractivity contribution in [3.8, 4) is 11.4 Å². The lowest BCUT2D eigenvalue weighted by Crippen LogP contribution is -2.26. The van der Waals surface area contributed by atoms with Crippen molar-refractivity contribution in [2.75, 3.05) is 7.05 Å². The fourth-order valence-corrected chi connectivity index (χ4v) is 4.58. The molecule has 1 unspecified atom stereocenters. The fourth-order valence-electron chi connectivity index (χ4n) is 2.83. The van der Waals surface area contributed by atoms with E-state index in [4.69, 9.17) is 17.2 Å². The molecule has 5 nitrogen and oxygen atoms in total. The normalized spacial score (nSPS) is 12.7. The Kier molecular flexibility index (Phi) is 5.23. The molecule has 1 N–H and O–H groups in total. The molecule has 0 aliphatic carbocycles. The van der Waals surface area contributed by atoms with Crippen LogP contribution in [-0.4, -0.2) is 31.7 Å². The number of hydrogen-bond donors (Lipinski definition) is 1. The van der Waals surface area contributed by atoms with E-state index < -0.39 is 0 Å². The second-order valence-corrected chi connectivity index (χ2v) is 8.64. The van der Waals surface area contributed by atoms with Crippen molar-refractivity contribution in [1.82, 2.24) is 24.6 Å². The summed E-state index contributed by atoms with van der Waals surface area (Å²) in [5, 5.41) is 4.41. The molecule has 138 valence electrons. The Labute approximate surface area is 174 Å². The predicted octanol–water partition coefficient (Wildman–Crippen LogP) is 5.63. The van der Waals surface area contributed by atoms with Crippen LogP contribution in [0, 0.1) is 4.77 Å². The third-order valence-corrected chi connectivity index (χ3v) is 6.71. The van der Waals surface area contributed by atoms with E-state index in [1.54, 1.807) is 11.3 Å². The molecule has 0 spiro atoms. The number of para-hydroxylation sites is 1. The summed E-state index contributed by atoms with van der Waals surface area (Å²) in [7, 11) is 2.07. The van der Waals surface area contributed by atoms with Crippen molar-refractivity contribution in [1.29, 1.82) is 0 Å². The topological polar surface area (TPSA) is 49.7 Å². The van der Waals surface area contributed by atoms with E-state index in [9.17, 15) is 0 Å². The number of nitrogens with one attached hydrogen (secondary N) is 1. The third kappa shape index (κ3) is 3.75. The first-order chi connectivity index (χ1) is 13.0. The van der Waals surface area contributed by atoms with Gasteiger partial charge < -0.3 is 0 Å². The van der Waals surface area contributed by atoms with Gasteiger partial charge in [0.1, 0.15) is 5.01 Å². The number of aromatic amines is 1. The molecule has 0 aliphatic heterocycles. The lowest BCUT2D eigenvalue weighted by molar-refractivity contribution is 0.195. The Morgan fingerprint density at radius 2 is 1.93 bits per heavy atom. The molecule has 2 aromatic carbocycles. The average molecular weight is 460 g/mol. The molecular formula is C19H18BrN5S2. The first-order valence-corrected chi connectivity index (χ1v) is 10.5. The smallest absolute Gasteiger partial charge is 0.217 e. The molecule has 8 heteroatoms. The number of aromatic nitrogens is 4. The molecule has 0 saturated heterocycles. The monoisotopic (exact) mass is 459 g/mol. The Morgan fingerprint density at radius 1 is 1.19 bits per heavy atom. The van der Waals surface area contributed by atoms with E-state index in [1.807, 2.05) is 41.1 Å². The summed E-state index contributed by atoms with van der Waals surface area (Å²) in [4.78, 5) is 11.5. The Balaban J connectivity index is 1.56. The van der Waals surface area contributed by atoms with Gasteiger partial charge in [0.2, 0.25) is 4.77 Å². The maximum absolute atomic E-state index is 5.46. The van der Waals surface area contributed by atoms with Crippen LogP contribution >= 0.6 is 39.5 Å². The van der Waals surface area contributed by atoms with Gasteiger partial charge in [0, 0.05) is 10.0 Å². The van der Waals surface area contributed by atoms with E-state index in [0.717, 1.165) is 26.4 Å². The highest BCUT2D eigenvalue weighted by molar-refractivity contribution is 9.10. The van der Waals surface area contributed by atoms with E-state index >= 15 is 0 Å². The van der Waals surface area contributed by atoms with Crippen molar-refractivity contribution in [3.63, 3.8) is 0 Å². The minimum absolute atomic E-state index is 0.166. The van der Waals surface area contributed by atoms with E-state index in [0.29, 0.717) is 11.4 Å². The molecule has 0 bridgehead atoms. The first kappa shape index (κ1) is 18.5. The Morgan fingerprint density at radius 3 is 2.70 bits per heavy atom. The van der Waals surface area contributed by atoms with Crippen LogP contribution in [0.5, 0.6) is 0 Å². The molecule has 4 rings (SSSR count). The summed E-state index contributed by atoms with van der Waals surface area (Å²) in [5.74, 6) is 0.758. The van der Waals surface area contributed by atoms with Crippen LogP contribution in [0.15, 0.2) is 53.0 Å². The van der Waals surface area contributed by atoms with Crippen LogP contribution in [0.1, 0.15) is 18.0 Å². The summed E-state index contributed by atoms with van der Waals surface area (Å²) in [6.45, 7) is 2.76. The standard InChI is InChI=1S/C19H18BrN5S2/c1-12(18-21-15-9-5-6-10-16(15)27-18)24(2)11-25-19(26)22-17(23-25)13-7-3-4-8-14(13)20/h3-10,12H,11H2,1-2H3,(H,22,23,26). The van der Waals surface area contributed by atoms with Crippen LogP contribution < -0.4 is 0 Å². The molecular weight excluding hydrogens is 442 g/mol. The van der Waals surface area contributed by atoms with Gasteiger partial charge in [0.25, 0.3) is 0 Å². The second-order valence-electron chi connectivity index (χ2n) is 6.36. The molecule has 2 aromatic heterocycles. The van der Waals surface area contributed by atoms with E-state index in [-0.39, 0.29) is 6.04 Å². The molecule has 0 amide bonds. The summed E-state index contributed by atoms with van der Waals surface area (Å²) < 4.78 is 4.61. The zero-order valence-corrected chi connectivity index (χ0v) is 18.1. The molecule has 0 aliphatic rings. The predicted molar refractivity (Wildman–Crippen MR) is 116 cm³/mol. The van der Waals surface area contributed by atoms with Gasteiger partial charge in [0.15, 0.2) is 5.82 Å². The third-order valence-electron chi connectivity index (χ3n) is 4.50. The minimum atomic E-state index is 0.166. The summed E-state index contributed by atoms with van der Waals surface area (Å²) >= 11 is 10.8. The number of nitrogens with zero attached hydrogens (tertiary/aromatic N) is 4. The molecule has 0 radical (unpaired) electrons. The van der Waals surface area contributed by atoms with Crippen molar-refractivity contribution >= 4 is 49.7 Å². The number of thiazole rings is 1. The number of fused-ring (bicyclic) bond motifs is 1. The Bertz CT molecular complexity index is 1110. The highest BCUT2D eigenvalue weighted by Gasteiger charge is 2.17. The number of hydrogen-bond acceptors (Lipinski definition) is 5. The van der Waals surface area contributed by atoms with Gasteiger partial charge in [0.05, 0.1) is 22.9 Å². The van der Waals surface area contributed by atoms with E-state index in [1.165, 1.54) is 4.70 Å². The molecule has 0 saturated carbocycles. The first-order valence-electron chi connectivity index (χ1n) is 8.50. The van der Waals surface area contributed by atoms with Gasteiger partial charge in [-0.3, -0.25) is 10.00 Å². The molecule has 2 heterocycles. The largest absolute Gasteiger partial charge is 0.278 e. The molecule has 4 aromatic rings. The minimum Gasteiger partial charge on any atom is -0.278 e. The van der Waals surface area contributed by atoms with Crippen LogP contribution in [-0.2, 0) is 6.67 Å². The van der Waals surface area contributed by atoms with Gasteiger partial charge >= 0.3 is 0 Å². The number of H-pyrrole nitrogens is 1. The second kappa shape index (κ2) is 7.63. The van der Waals surface area contributed by atoms with Crippen LogP contribution in [0.4, 0.5) is 0 Å². The van der Waals surface area contributed by atoms with Gasteiger partial charge in [-0.2, -0.15) is 4.98 Å². The van der Waals surface area contributed by atoms with Crippen molar-refractivity contribution in [2.24, 2.45) is 0 Å². The van der Waals surface area contributed by atoms with E-state index in [2.05, 4.69) is 57.0 Å². The van der Waals surface area contributed by atoms with Crippen molar-refractivity contribution in [2.45, 2.75) is 19.6 Å². The highest BCUT2D eigenvalue weighted by Crippen LogP contribution is 2.29. The number of benzene rings is 2. The SMILES string of the molecule is CC(c1nc2ccccc2s1)N(C)Cn1[nH]c(-c2ccccc2Br)nc1=S. The van der Waals surface area contributed by atoms with Gasteiger partial charge in [-0.15, -0.1) is 11.3 Å². The summed E-state index contributed by atoms with van der Waals surface area (Å²) in [6, 6.07) is 16.4. The average Bonchev–Trinajstić information content (AvgIpc) is 3.25. The lowest BCUT2D eigenvalue weighted by Gasteiger charge is -2.22. The molecule has 0 fully saturated rings. The van der Waals surface area contributed by atoms with Crippen molar-refractivity contribution in [3.05, 3.63) is 62.8 Å². The highest BCUT2D eigenvalue weighted by atomic mass is 79.9. The van der Waals surface area contributed by atoms with Gasteiger partial charge in [-0.1, -0.05) is 46.3 Å². The summed E-state index contributed by atoms with van der Waals surface area (Å²) in [6.07, 6.45) is 0. The summed E-state index contributed by atoms with van der Waals surface area (Å²) in [5.41, 5.74) is 2.04. The van der Waals surface area contributed by atoms with Gasteiger partial charge in [-0.05, 0) is 44.4 Å².